The lowest BCUT2D eigenvalue weighted by Crippen LogP contribution is -2.18. The highest BCUT2D eigenvalue weighted by Gasteiger charge is 2.27. The third kappa shape index (κ3) is 6.24. The minimum Gasteiger partial charge on any atom is -0.494 e. The number of carbonyl (C=O) groups is 1. The van der Waals surface area contributed by atoms with Gasteiger partial charge in [-0.15, -0.1) is 0 Å². The molecule has 0 fully saturated rings. The number of carbonyl (C=O) groups excluding carboxylic acids is 1. The number of benzene rings is 1. The van der Waals surface area contributed by atoms with Crippen LogP contribution in [0.15, 0.2) is 24.3 Å². The smallest absolute Gasteiger partial charge is 0.411 e. The van der Waals surface area contributed by atoms with Crippen LogP contribution in [0.4, 0.5) is 13.2 Å². The van der Waals surface area contributed by atoms with Crippen LogP contribution >= 0.6 is 0 Å². The normalized spacial score (nSPS) is 11.3. The second kappa shape index (κ2) is 7.00. The molecule has 1 rings (SSSR count). The molecule has 0 aromatic heterocycles. The topological polar surface area (TPSA) is 35.5 Å². The average Bonchev–Trinajstić information content (AvgIpc) is 2.33. The quantitative estimate of drug-likeness (QED) is 0.560. The molecule has 3 nitrogen and oxygen atoms in total. The van der Waals surface area contributed by atoms with Crippen LogP contribution in [0.25, 0.3) is 0 Å². The fourth-order valence-corrected chi connectivity index (χ4v) is 1.18. The molecule has 0 saturated heterocycles. The molecule has 0 unspecified atom stereocenters. The fraction of sp³-hybridized carbons (Fsp3) is 0.417. The Balaban J connectivity index is 2.12. The van der Waals surface area contributed by atoms with Crippen molar-refractivity contribution in [1.82, 2.24) is 0 Å². The number of hydrogen-bond acceptors (Lipinski definition) is 3. The predicted octanol–water partition coefficient (Wildman–Crippen LogP) is 2.85. The van der Waals surface area contributed by atoms with Crippen molar-refractivity contribution in [2.24, 2.45) is 0 Å². The zero-order valence-corrected chi connectivity index (χ0v) is 9.57. The van der Waals surface area contributed by atoms with E-state index in [1.165, 1.54) is 0 Å². The highest BCUT2D eigenvalue weighted by atomic mass is 19.4. The van der Waals surface area contributed by atoms with Gasteiger partial charge in [0.1, 0.15) is 18.6 Å². The Labute approximate surface area is 103 Å². The van der Waals surface area contributed by atoms with Gasteiger partial charge in [-0.3, -0.25) is 4.79 Å². The number of rotatable bonds is 7. The summed E-state index contributed by atoms with van der Waals surface area (Å²) in [5, 5.41) is 0. The molecule has 0 saturated carbocycles. The van der Waals surface area contributed by atoms with Gasteiger partial charge in [0.2, 0.25) is 0 Å². The maximum atomic E-state index is 11.7. The van der Waals surface area contributed by atoms with E-state index in [0.29, 0.717) is 17.7 Å². The molecule has 0 spiro atoms. The third-order valence-electron chi connectivity index (χ3n) is 1.98. The molecule has 0 aliphatic heterocycles. The summed E-state index contributed by atoms with van der Waals surface area (Å²) in [6.45, 7) is -0.981. The van der Waals surface area contributed by atoms with Crippen molar-refractivity contribution < 1.29 is 27.4 Å². The van der Waals surface area contributed by atoms with Crippen molar-refractivity contribution in [3.8, 4) is 5.75 Å². The van der Waals surface area contributed by atoms with Crippen LogP contribution in [0.1, 0.15) is 16.8 Å². The number of aldehydes is 1. The highest BCUT2D eigenvalue weighted by molar-refractivity contribution is 5.74. The Kier molecular flexibility index (Phi) is 5.64. The van der Waals surface area contributed by atoms with Gasteiger partial charge in [-0.2, -0.15) is 13.2 Å². The average molecular weight is 262 g/mol. The van der Waals surface area contributed by atoms with Gasteiger partial charge >= 0.3 is 6.18 Å². The van der Waals surface area contributed by atoms with E-state index in [0.717, 1.165) is 6.29 Å². The second-order valence-corrected chi connectivity index (χ2v) is 3.56. The van der Waals surface area contributed by atoms with E-state index < -0.39 is 12.8 Å². The maximum absolute atomic E-state index is 11.7. The molecule has 0 N–H and O–H groups in total. The number of halogens is 3. The summed E-state index contributed by atoms with van der Waals surface area (Å²) in [4.78, 5) is 10.4. The Bertz CT molecular complexity index is 360. The van der Waals surface area contributed by atoms with Gasteiger partial charge in [0, 0.05) is 12.0 Å². The minimum absolute atomic E-state index is 0.00800. The van der Waals surface area contributed by atoms with E-state index >= 15 is 0 Å². The van der Waals surface area contributed by atoms with Gasteiger partial charge in [-0.05, 0) is 24.3 Å². The standard InChI is InChI=1S/C12H13F3O3/c13-12(14,15)9-17-6-1-7-18-11-4-2-10(8-16)3-5-11/h2-5,8H,1,6-7,9H2. The molecule has 0 aliphatic carbocycles. The van der Waals surface area contributed by atoms with Crippen molar-refractivity contribution in [2.45, 2.75) is 12.6 Å². The lowest BCUT2D eigenvalue weighted by atomic mass is 10.2. The zero-order valence-electron chi connectivity index (χ0n) is 9.57. The summed E-state index contributed by atoms with van der Waals surface area (Å²) in [6, 6.07) is 6.45. The number of ether oxygens (including phenoxy) is 2. The summed E-state index contributed by atoms with van der Waals surface area (Å²) >= 11 is 0. The number of hydrogen-bond donors (Lipinski definition) is 0. The first kappa shape index (κ1) is 14.5. The van der Waals surface area contributed by atoms with E-state index in [-0.39, 0.29) is 13.2 Å². The molecule has 100 valence electrons. The van der Waals surface area contributed by atoms with Gasteiger partial charge in [0.05, 0.1) is 13.2 Å². The zero-order chi connectivity index (χ0) is 13.4. The highest BCUT2D eigenvalue weighted by Crippen LogP contribution is 2.14. The van der Waals surface area contributed by atoms with Crippen molar-refractivity contribution in [1.29, 1.82) is 0 Å². The molecule has 0 amide bonds. The molecule has 0 bridgehead atoms. The first-order valence-corrected chi connectivity index (χ1v) is 5.34. The maximum Gasteiger partial charge on any atom is 0.411 e. The van der Waals surface area contributed by atoms with Crippen molar-refractivity contribution in [3.05, 3.63) is 29.8 Å². The van der Waals surface area contributed by atoms with Crippen molar-refractivity contribution in [3.63, 3.8) is 0 Å². The molecular formula is C12H13F3O3. The SMILES string of the molecule is O=Cc1ccc(OCCCOCC(F)(F)F)cc1. The van der Waals surface area contributed by atoms with Gasteiger partial charge in [0.15, 0.2) is 0 Å². The molecule has 1 aromatic carbocycles. The van der Waals surface area contributed by atoms with Crippen LogP contribution in [0.5, 0.6) is 5.75 Å². The van der Waals surface area contributed by atoms with Gasteiger partial charge < -0.3 is 9.47 Å². The minimum atomic E-state index is -4.29. The third-order valence-corrected chi connectivity index (χ3v) is 1.98. The van der Waals surface area contributed by atoms with Crippen LogP contribution in [0, 0.1) is 0 Å². The Morgan fingerprint density at radius 3 is 2.33 bits per heavy atom. The molecule has 18 heavy (non-hydrogen) atoms. The summed E-state index contributed by atoms with van der Waals surface area (Å²) in [6.07, 6.45) is -3.20. The van der Waals surface area contributed by atoms with Crippen LogP contribution in [-0.4, -0.2) is 32.3 Å². The van der Waals surface area contributed by atoms with Crippen LogP contribution in [0.3, 0.4) is 0 Å². The first-order chi connectivity index (χ1) is 8.51. The largest absolute Gasteiger partial charge is 0.494 e. The van der Waals surface area contributed by atoms with Crippen LogP contribution < -0.4 is 4.74 Å². The monoisotopic (exact) mass is 262 g/mol. The molecule has 6 heteroatoms. The van der Waals surface area contributed by atoms with Crippen LogP contribution in [0.2, 0.25) is 0 Å². The van der Waals surface area contributed by atoms with E-state index in [1.54, 1.807) is 24.3 Å². The molecule has 0 aliphatic rings. The first-order valence-electron chi connectivity index (χ1n) is 5.34. The van der Waals surface area contributed by atoms with Gasteiger partial charge in [0.25, 0.3) is 0 Å². The molecule has 0 heterocycles. The molecule has 1 aromatic rings. The Morgan fingerprint density at radius 2 is 1.78 bits per heavy atom. The molecular weight excluding hydrogens is 249 g/mol. The van der Waals surface area contributed by atoms with E-state index in [1.807, 2.05) is 0 Å². The van der Waals surface area contributed by atoms with Crippen molar-refractivity contribution >= 4 is 6.29 Å². The summed E-state index contributed by atoms with van der Waals surface area (Å²) < 4.78 is 44.8. The summed E-state index contributed by atoms with van der Waals surface area (Å²) in [7, 11) is 0. The lowest BCUT2D eigenvalue weighted by molar-refractivity contribution is -0.174. The molecule has 0 atom stereocenters. The second-order valence-electron chi connectivity index (χ2n) is 3.56. The summed E-state index contributed by atoms with van der Waals surface area (Å²) in [5.41, 5.74) is 0.538. The number of alkyl halides is 3. The van der Waals surface area contributed by atoms with Gasteiger partial charge in [-0.25, -0.2) is 0 Å². The van der Waals surface area contributed by atoms with Gasteiger partial charge in [-0.1, -0.05) is 0 Å². The van der Waals surface area contributed by atoms with Crippen LogP contribution in [-0.2, 0) is 4.74 Å². The fourth-order valence-electron chi connectivity index (χ4n) is 1.18. The lowest BCUT2D eigenvalue weighted by Gasteiger charge is -2.08. The Hall–Kier alpha value is -1.56. The summed E-state index contributed by atoms with van der Waals surface area (Å²) in [5.74, 6) is 0.566. The van der Waals surface area contributed by atoms with E-state index in [2.05, 4.69) is 4.74 Å². The predicted molar refractivity (Wildman–Crippen MR) is 58.8 cm³/mol. The van der Waals surface area contributed by atoms with E-state index in [4.69, 9.17) is 4.74 Å². The van der Waals surface area contributed by atoms with Crippen molar-refractivity contribution in [2.75, 3.05) is 19.8 Å². The molecule has 0 radical (unpaired) electrons. The van der Waals surface area contributed by atoms with E-state index in [9.17, 15) is 18.0 Å². The Morgan fingerprint density at radius 1 is 1.11 bits per heavy atom.